The van der Waals surface area contributed by atoms with Gasteiger partial charge in [0, 0.05) is 7.05 Å². The molecular weight excluding hydrogens is 458 g/mol. The number of esters is 2. The molecule has 0 saturated heterocycles. The van der Waals surface area contributed by atoms with E-state index in [2.05, 4.69) is 0 Å². The predicted octanol–water partition coefficient (Wildman–Crippen LogP) is 3.47. The monoisotopic (exact) mass is 479 g/mol. The molecule has 0 atom stereocenters. The summed E-state index contributed by atoms with van der Waals surface area (Å²) < 4.78 is 47.1. The molecule has 0 bridgehead atoms. The number of anilines is 1. The van der Waals surface area contributed by atoms with Crippen LogP contribution in [0.5, 0.6) is 5.75 Å². The summed E-state index contributed by atoms with van der Waals surface area (Å²) in [5, 5.41) is 1.69. The molecule has 1 aromatic carbocycles. The minimum absolute atomic E-state index is 0.177. The topological polar surface area (TPSA) is 112 Å². The lowest BCUT2D eigenvalue weighted by Gasteiger charge is -2.18. The van der Waals surface area contributed by atoms with Gasteiger partial charge in [-0.05, 0) is 48.7 Å². The molecule has 0 aliphatic carbocycles. The Hall–Kier alpha value is -3.31. The van der Waals surface area contributed by atoms with E-state index >= 15 is 0 Å². The van der Waals surface area contributed by atoms with Crippen molar-refractivity contribution in [3.63, 3.8) is 0 Å². The van der Waals surface area contributed by atoms with Crippen molar-refractivity contribution in [1.82, 2.24) is 0 Å². The number of thiophene rings is 1. The molecule has 0 radical (unpaired) electrons. The van der Waals surface area contributed by atoms with Gasteiger partial charge in [-0.1, -0.05) is 6.07 Å². The highest BCUT2D eigenvalue weighted by atomic mass is 32.2. The highest BCUT2D eigenvalue weighted by Crippen LogP contribution is 2.26. The van der Waals surface area contributed by atoms with Crippen LogP contribution in [0.4, 0.5) is 5.69 Å². The van der Waals surface area contributed by atoms with Crippen molar-refractivity contribution in [2.75, 3.05) is 24.6 Å². The molecule has 32 heavy (non-hydrogen) atoms. The van der Waals surface area contributed by atoms with Gasteiger partial charge in [-0.3, -0.25) is 4.31 Å². The normalized spacial score (nSPS) is 11.1. The molecule has 3 rings (SSSR count). The number of nitrogens with zero attached hydrogens (tertiary/aromatic N) is 1. The van der Waals surface area contributed by atoms with Crippen LogP contribution in [0.15, 0.2) is 62.7 Å². The van der Waals surface area contributed by atoms with E-state index in [1.54, 1.807) is 42.6 Å². The Morgan fingerprint density at radius 1 is 1.09 bits per heavy atom. The molecule has 0 spiro atoms. The van der Waals surface area contributed by atoms with Crippen LogP contribution < -0.4 is 9.04 Å². The fourth-order valence-corrected chi connectivity index (χ4v) is 4.97. The number of carbonyl (C=O) groups excluding carboxylic acids is 2. The van der Waals surface area contributed by atoms with E-state index in [0.29, 0.717) is 11.4 Å². The Morgan fingerprint density at radius 2 is 1.84 bits per heavy atom. The largest absolute Gasteiger partial charge is 0.482 e. The van der Waals surface area contributed by atoms with E-state index in [9.17, 15) is 18.0 Å². The number of carbonyl (C=O) groups is 2. The molecule has 0 N–H and O–H groups in total. The van der Waals surface area contributed by atoms with Gasteiger partial charge in [-0.2, -0.15) is 0 Å². The highest BCUT2D eigenvalue weighted by molar-refractivity contribution is 7.94. The third-order valence-electron chi connectivity index (χ3n) is 4.27. The molecule has 0 saturated carbocycles. The van der Waals surface area contributed by atoms with Gasteiger partial charge in [0.2, 0.25) is 0 Å². The smallest absolute Gasteiger partial charge is 0.344 e. The van der Waals surface area contributed by atoms with E-state index in [1.807, 2.05) is 0 Å². The number of hydrogen-bond donors (Lipinski definition) is 0. The van der Waals surface area contributed by atoms with E-state index in [4.69, 9.17) is 18.6 Å². The molecule has 0 amide bonds. The lowest BCUT2D eigenvalue weighted by molar-refractivity contribution is -0.147. The summed E-state index contributed by atoms with van der Waals surface area (Å²) in [6.07, 6.45) is 1.31. The summed E-state index contributed by atoms with van der Waals surface area (Å²) in [5.74, 6) is -0.693. The SMILES string of the molecule is CCOC(=O)c1ccoc1COC(=O)COc1ccc(N(C)S(=O)(=O)c2cccs2)cc1. The maximum atomic E-state index is 12.6. The van der Waals surface area contributed by atoms with Crippen LogP contribution in [0.2, 0.25) is 0 Å². The second-order valence-electron chi connectivity index (χ2n) is 6.33. The van der Waals surface area contributed by atoms with Crippen LogP contribution in [0.25, 0.3) is 0 Å². The third-order valence-corrected chi connectivity index (χ3v) is 7.43. The van der Waals surface area contributed by atoms with Crippen LogP contribution in [0, 0.1) is 0 Å². The first-order valence-electron chi connectivity index (χ1n) is 9.47. The van der Waals surface area contributed by atoms with Crippen molar-refractivity contribution < 1.29 is 36.6 Å². The summed E-state index contributed by atoms with van der Waals surface area (Å²) in [5.41, 5.74) is 0.635. The Balaban J connectivity index is 1.52. The van der Waals surface area contributed by atoms with E-state index in [-0.39, 0.29) is 35.4 Å². The van der Waals surface area contributed by atoms with Crippen molar-refractivity contribution >= 4 is 39.0 Å². The summed E-state index contributed by atoms with van der Waals surface area (Å²) in [4.78, 5) is 23.8. The second-order valence-corrected chi connectivity index (χ2v) is 9.47. The van der Waals surface area contributed by atoms with Crippen LogP contribution in [-0.4, -0.2) is 40.6 Å². The summed E-state index contributed by atoms with van der Waals surface area (Å²) in [7, 11) is -2.17. The van der Waals surface area contributed by atoms with Crippen LogP contribution in [0.3, 0.4) is 0 Å². The summed E-state index contributed by atoms with van der Waals surface area (Å²) >= 11 is 1.14. The zero-order valence-corrected chi connectivity index (χ0v) is 19.0. The van der Waals surface area contributed by atoms with Crippen LogP contribution in [-0.2, 0) is 30.9 Å². The van der Waals surface area contributed by atoms with Gasteiger partial charge in [-0.15, -0.1) is 11.3 Å². The minimum atomic E-state index is -3.63. The zero-order valence-electron chi connectivity index (χ0n) is 17.3. The molecule has 9 nitrogen and oxygen atoms in total. The molecule has 0 aliphatic heterocycles. The van der Waals surface area contributed by atoms with Crippen molar-refractivity contribution in [3.05, 3.63) is 65.4 Å². The van der Waals surface area contributed by atoms with Crippen LogP contribution >= 0.6 is 11.3 Å². The first-order chi connectivity index (χ1) is 15.3. The Morgan fingerprint density at radius 3 is 2.50 bits per heavy atom. The van der Waals surface area contributed by atoms with Crippen LogP contribution in [0.1, 0.15) is 23.0 Å². The standard InChI is InChI=1S/C21H21NO8S2/c1-3-27-21(24)17-10-11-28-18(17)13-30-19(23)14-29-16-8-6-15(7-9-16)22(2)32(25,26)20-5-4-12-31-20/h4-12H,3,13-14H2,1-2H3. The second kappa shape index (κ2) is 10.3. The molecule has 0 fully saturated rings. The molecule has 11 heteroatoms. The quantitative estimate of drug-likeness (QED) is 0.406. The van der Waals surface area contributed by atoms with Crippen molar-refractivity contribution in [3.8, 4) is 5.75 Å². The van der Waals surface area contributed by atoms with E-state index in [0.717, 1.165) is 11.3 Å². The molecule has 170 valence electrons. The van der Waals surface area contributed by atoms with Crippen molar-refractivity contribution in [1.29, 1.82) is 0 Å². The number of rotatable bonds is 10. The lowest BCUT2D eigenvalue weighted by Crippen LogP contribution is -2.25. The zero-order chi connectivity index (χ0) is 23.1. The number of sulfonamides is 1. The third kappa shape index (κ3) is 5.48. The van der Waals surface area contributed by atoms with Gasteiger partial charge < -0.3 is 18.6 Å². The average Bonchev–Trinajstić information content (AvgIpc) is 3.49. The fourth-order valence-electron chi connectivity index (χ4n) is 2.61. The van der Waals surface area contributed by atoms with Gasteiger partial charge in [-0.25, -0.2) is 18.0 Å². The highest BCUT2D eigenvalue weighted by Gasteiger charge is 2.22. The molecule has 0 aliphatic rings. The Labute approximate surface area is 189 Å². The number of ether oxygens (including phenoxy) is 3. The van der Waals surface area contributed by atoms with Gasteiger partial charge in [0.15, 0.2) is 12.4 Å². The maximum Gasteiger partial charge on any atom is 0.344 e. The molecule has 2 aromatic heterocycles. The number of benzene rings is 1. The minimum Gasteiger partial charge on any atom is -0.482 e. The maximum absolute atomic E-state index is 12.6. The van der Waals surface area contributed by atoms with Gasteiger partial charge in [0.05, 0.1) is 18.6 Å². The Kier molecular flexibility index (Phi) is 7.54. The molecular formula is C21H21NO8S2. The first kappa shape index (κ1) is 23.4. The lowest BCUT2D eigenvalue weighted by atomic mass is 10.2. The predicted molar refractivity (Wildman–Crippen MR) is 116 cm³/mol. The van der Waals surface area contributed by atoms with Crippen molar-refractivity contribution in [2.24, 2.45) is 0 Å². The molecule has 3 aromatic rings. The summed E-state index contributed by atoms with van der Waals surface area (Å²) in [6.45, 7) is 1.28. The van der Waals surface area contributed by atoms with E-state index in [1.165, 1.54) is 29.7 Å². The van der Waals surface area contributed by atoms with E-state index < -0.39 is 22.0 Å². The number of furan rings is 1. The average molecular weight is 480 g/mol. The first-order valence-corrected chi connectivity index (χ1v) is 11.8. The van der Waals surface area contributed by atoms with Crippen molar-refractivity contribution in [2.45, 2.75) is 17.7 Å². The molecule has 2 heterocycles. The Bertz CT molecular complexity index is 1150. The number of hydrogen-bond acceptors (Lipinski definition) is 9. The van der Waals surface area contributed by atoms with Gasteiger partial charge in [0.1, 0.15) is 22.1 Å². The fraction of sp³-hybridized carbons (Fsp3) is 0.238. The van der Waals surface area contributed by atoms with Gasteiger partial charge in [0.25, 0.3) is 10.0 Å². The molecule has 0 unspecified atom stereocenters. The van der Waals surface area contributed by atoms with Gasteiger partial charge >= 0.3 is 11.9 Å². The summed E-state index contributed by atoms with van der Waals surface area (Å²) in [6, 6.07) is 10.9.